The van der Waals surface area contributed by atoms with Gasteiger partial charge in [-0.15, -0.1) is 0 Å². The predicted molar refractivity (Wildman–Crippen MR) is 101 cm³/mol. The highest BCUT2D eigenvalue weighted by molar-refractivity contribution is 5.95. The molecule has 2 aliphatic heterocycles. The Morgan fingerprint density at radius 3 is 2.89 bits per heavy atom. The second-order valence-corrected chi connectivity index (χ2v) is 8.41. The monoisotopic (exact) mass is 383 g/mol. The van der Waals surface area contributed by atoms with Crippen LogP contribution in [0.2, 0.25) is 0 Å². The van der Waals surface area contributed by atoms with E-state index in [0.29, 0.717) is 11.3 Å². The molecule has 2 aromatic rings. The van der Waals surface area contributed by atoms with E-state index in [1.807, 2.05) is 4.90 Å². The van der Waals surface area contributed by atoms with Gasteiger partial charge in [-0.2, -0.15) is 5.10 Å². The second kappa shape index (κ2) is 6.48. The molecule has 1 saturated heterocycles. The van der Waals surface area contributed by atoms with Gasteiger partial charge in [-0.3, -0.25) is 14.7 Å². The Balaban J connectivity index is 1.19. The van der Waals surface area contributed by atoms with Gasteiger partial charge in [-0.25, -0.2) is 0 Å². The van der Waals surface area contributed by atoms with Crippen LogP contribution in [-0.2, 0) is 13.0 Å². The lowest BCUT2D eigenvalue weighted by atomic mass is 9.92. The molecule has 0 radical (unpaired) electrons. The van der Waals surface area contributed by atoms with Crippen LogP contribution in [0.1, 0.15) is 51.4 Å². The maximum atomic E-state index is 12.8. The fourth-order valence-electron chi connectivity index (χ4n) is 4.67. The molecule has 8 heteroatoms. The number of likely N-dealkylation sites (N-methyl/N-ethyl adjacent to an activating group) is 1. The highest BCUT2D eigenvalue weighted by Gasteiger charge is 2.56. The van der Waals surface area contributed by atoms with Gasteiger partial charge in [0.2, 0.25) is 0 Å². The molecule has 1 atom stereocenters. The summed E-state index contributed by atoms with van der Waals surface area (Å²) < 4.78 is 5.02. The first kappa shape index (κ1) is 17.5. The van der Waals surface area contributed by atoms with Crippen molar-refractivity contribution in [2.45, 2.75) is 38.3 Å². The number of aromatic nitrogens is 2. The molecule has 2 aromatic heterocycles. The largest absolute Gasteiger partial charge is 0.472 e. The van der Waals surface area contributed by atoms with Gasteiger partial charge in [0.15, 0.2) is 5.69 Å². The van der Waals surface area contributed by atoms with E-state index in [0.717, 1.165) is 63.1 Å². The van der Waals surface area contributed by atoms with Crippen LogP contribution in [0, 0.1) is 5.41 Å². The van der Waals surface area contributed by atoms with Crippen molar-refractivity contribution in [2.24, 2.45) is 5.41 Å². The zero-order valence-corrected chi connectivity index (χ0v) is 16.0. The van der Waals surface area contributed by atoms with Crippen LogP contribution in [0.3, 0.4) is 0 Å². The third-order valence-corrected chi connectivity index (χ3v) is 6.65. The number of fused-ring (bicyclic) bond motifs is 1. The molecular weight excluding hydrogens is 358 g/mol. The molecule has 28 heavy (non-hydrogen) atoms. The lowest BCUT2D eigenvalue weighted by molar-refractivity contribution is 0.0667. The molecule has 3 aliphatic rings. The number of nitrogens with one attached hydrogen (secondary N) is 2. The van der Waals surface area contributed by atoms with Crippen molar-refractivity contribution in [1.82, 2.24) is 25.3 Å². The van der Waals surface area contributed by atoms with Gasteiger partial charge in [0.1, 0.15) is 6.26 Å². The fraction of sp³-hybridized carbons (Fsp3) is 0.550. The third kappa shape index (κ3) is 2.92. The Hall–Kier alpha value is -2.61. The van der Waals surface area contributed by atoms with Gasteiger partial charge in [0, 0.05) is 49.9 Å². The van der Waals surface area contributed by atoms with Crippen LogP contribution in [0.5, 0.6) is 0 Å². The van der Waals surface area contributed by atoms with E-state index >= 15 is 0 Å². The van der Waals surface area contributed by atoms with Crippen molar-refractivity contribution in [3.8, 4) is 0 Å². The first-order valence-electron chi connectivity index (χ1n) is 9.93. The molecule has 8 nitrogen and oxygen atoms in total. The number of likely N-dealkylation sites (tertiary alicyclic amines) is 1. The molecule has 1 spiro atoms. The minimum Gasteiger partial charge on any atom is -0.472 e. The third-order valence-electron chi connectivity index (χ3n) is 6.65. The fourth-order valence-corrected chi connectivity index (χ4v) is 4.67. The van der Waals surface area contributed by atoms with E-state index in [4.69, 9.17) is 4.42 Å². The molecular formula is C20H25N5O3. The number of carbonyl (C=O) groups excluding carboxylic acids is 2. The molecule has 1 saturated carbocycles. The minimum atomic E-state index is -0.0772. The summed E-state index contributed by atoms with van der Waals surface area (Å²) in [6.07, 6.45) is 6.75. The number of amides is 2. The summed E-state index contributed by atoms with van der Waals surface area (Å²) in [4.78, 5) is 29.3. The van der Waals surface area contributed by atoms with Crippen molar-refractivity contribution in [3.05, 3.63) is 41.1 Å². The lowest BCUT2D eigenvalue weighted by Gasteiger charge is -2.32. The normalized spacial score (nSPS) is 23.5. The molecule has 148 valence electrons. The molecule has 0 aromatic carbocycles. The molecule has 2 fully saturated rings. The van der Waals surface area contributed by atoms with Crippen LogP contribution in [0.15, 0.2) is 23.0 Å². The van der Waals surface area contributed by atoms with Crippen molar-refractivity contribution in [2.75, 3.05) is 26.7 Å². The number of carbonyl (C=O) groups is 2. The van der Waals surface area contributed by atoms with Crippen LogP contribution in [-0.4, -0.2) is 64.5 Å². The summed E-state index contributed by atoms with van der Waals surface area (Å²) in [6.45, 7) is 3.18. The first-order valence-corrected chi connectivity index (χ1v) is 9.93. The highest BCUT2D eigenvalue weighted by atomic mass is 16.3. The maximum Gasteiger partial charge on any atom is 0.272 e. The average Bonchev–Trinajstić information content (AvgIpc) is 3.11. The van der Waals surface area contributed by atoms with Gasteiger partial charge < -0.3 is 19.5 Å². The summed E-state index contributed by atoms with van der Waals surface area (Å²) in [5.74, 6) is -0.0521. The Morgan fingerprint density at radius 1 is 1.32 bits per heavy atom. The number of rotatable bonds is 3. The summed E-state index contributed by atoms with van der Waals surface area (Å²) in [7, 11) is 2.06. The number of hydrogen-bond donors (Lipinski definition) is 2. The van der Waals surface area contributed by atoms with Crippen molar-refractivity contribution in [1.29, 1.82) is 0 Å². The zero-order valence-electron chi connectivity index (χ0n) is 16.0. The molecule has 1 aliphatic carbocycles. The van der Waals surface area contributed by atoms with E-state index in [-0.39, 0.29) is 23.3 Å². The molecule has 2 amide bonds. The lowest BCUT2D eigenvalue weighted by Crippen LogP contribution is -2.41. The van der Waals surface area contributed by atoms with Crippen molar-refractivity contribution in [3.63, 3.8) is 0 Å². The minimum absolute atomic E-state index is 0.0251. The standard InChI is InChI=1S/C20H25N5O3/c1-24-6-2-15-14(11-24)17(23-22-15)18(26)21-16-10-20(16)4-7-25(8-5-20)19(27)13-3-9-28-12-13/h3,9,12,16H,2,4-8,10-11H2,1H3,(H,21,26)(H,22,23). The topological polar surface area (TPSA) is 94.5 Å². The van der Waals surface area contributed by atoms with E-state index in [2.05, 4.69) is 27.5 Å². The quantitative estimate of drug-likeness (QED) is 0.836. The van der Waals surface area contributed by atoms with Gasteiger partial charge in [-0.05, 0) is 37.8 Å². The Bertz CT molecular complexity index is 895. The molecule has 2 N–H and O–H groups in total. The Morgan fingerprint density at radius 2 is 2.14 bits per heavy atom. The van der Waals surface area contributed by atoms with Gasteiger partial charge in [0.05, 0.1) is 11.8 Å². The number of piperidine rings is 1. The zero-order chi connectivity index (χ0) is 19.3. The van der Waals surface area contributed by atoms with Crippen LogP contribution < -0.4 is 5.32 Å². The van der Waals surface area contributed by atoms with Gasteiger partial charge in [-0.1, -0.05) is 0 Å². The number of nitrogens with zero attached hydrogens (tertiary/aromatic N) is 3. The van der Waals surface area contributed by atoms with E-state index < -0.39 is 0 Å². The van der Waals surface area contributed by atoms with Crippen molar-refractivity contribution < 1.29 is 14.0 Å². The summed E-state index contributed by atoms with van der Waals surface area (Å²) in [6, 6.07) is 1.88. The number of aromatic amines is 1. The van der Waals surface area contributed by atoms with Gasteiger partial charge in [0.25, 0.3) is 11.8 Å². The second-order valence-electron chi connectivity index (χ2n) is 8.41. The predicted octanol–water partition coefficient (Wildman–Crippen LogP) is 1.42. The Kier molecular flexibility index (Phi) is 4.04. The van der Waals surface area contributed by atoms with Crippen LogP contribution in [0.25, 0.3) is 0 Å². The van der Waals surface area contributed by atoms with E-state index in [1.54, 1.807) is 6.07 Å². The number of furan rings is 1. The summed E-state index contributed by atoms with van der Waals surface area (Å²) in [5.41, 5.74) is 3.39. The average molecular weight is 383 g/mol. The Labute approximate surface area is 163 Å². The summed E-state index contributed by atoms with van der Waals surface area (Å²) in [5, 5.41) is 10.5. The van der Waals surface area contributed by atoms with Crippen LogP contribution in [0.4, 0.5) is 0 Å². The van der Waals surface area contributed by atoms with Crippen LogP contribution >= 0.6 is 0 Å². The van der Waals surface area contributed by atoms with Crippen molar-refractivity contribution >= 4 is 11.8 Å². The number of H-pyrrole nitrogens is 1. The van der Waals surface area contributed by atoms with E-state index in [1.165, 1.54) is 12.5 Å². The smallest absolute Gasteiger partial charge is 0.272 e. The highest BCUT2D eigenvalue weighted by Crippen LogP contribution is 2.54. The van der Waals surface area contributed by atoms with Gasteiger partial charge >= 0.3 is 0 Å². The number of hydrogen-bond acceptors (Lipinski definition) is 5. The SMILES string of the molecule is CN1CCc2[nH]nc(C(=O)NC3CC34CCN(C(=O)c3ccoc3)CC4)c2C1. The molecule has 1 unspecified atom stereocenters. The molecule has 0 bridgehead atoms. The first-order chi connectivity index (χ1) is 13.6. The van der Waals surface area contributed by atoms with E-state index in [9.17, 15) is 9.59 Å². The molecule has 4 heterocycles. The summed E-state index contributed by atoms with van der Waals surface area (Å²) >= 11 is 0. The maximum absolute atomic E-state index is 12.8. The molecule has 5 rings (SSSR count).